The van der Waals surface area contributed by atoms with Crippen molar-refractivity contribution >= 4 is 27.7 Å². The van der Waals surface area contributed by atoms with E-state index in [1.807, 2.05) is 18.2 Å². The normalized spacial score (nSPS) is 15.6. The van der Waals surface area contributed by atoms with E-state index in [4.69, 9.17) is 4.74 Å². The molecule has 1 N–H and O–H groups in total. The van der Waals surface area contributed by atoms with Crippen LogP contribution in [-0.4, -0.2) is 48.6 Å². The van der Waals surface area contributed by atoms with E-state index in [0.717, 1.165) is 22.0 Å². The molecule has 1 aliphatic rings. The van der Waals surface area contributed by atoms with Gasteiger partial charge in [0.2, 0.25) is 5.88 Å². The predicted molar refractivity (Wildman–Crippen MR) is 115 cm³/mol. The third-order valence-electron chi connectivity index (χ3n) is 5.26. The molecule has 7 nitrogen and oxygen atoms in total. The summed E-state index contributed by atoms with van der Waals surface area (Å²) in [7, 11) is 4.28. The molecule has 32 heavy (non-hydrogen) atoms. The van der Waals surface area contributed by atoms with Gasteiger partial charge in [0.25, 0.3) is 0 Å². The van der Waals surface area contributed by atoms with Gasteiger partial charge in [0, 0.05) is 17.6 Å². The van der Waals surface area contributed by atoms with Gasteiger partial charge in [0.15, 0.2) is 11.5 Å². The van der Waals surface area contributed by atoms with Crippen LogP contribution in [0.1, 0.15) is 41.4 Å². The van der Waals surface area contributed by atoms with Crippen molar-refractivity contribution < 1.29 is 27.4 Å². The van der Waals surface area contributed by atoms with Crippen LogP contribution in [0.3, 0.4) is 0 Å². The molecule has 174 valence electrons. The lowest BCUT2D eigenvalue weighted by Crippen LogP contribution is -2.25. The molecule has 1 aromatic heterocycles. The zero-order valence-electron chi connectivity index (χ0n) is 17.9. The van der Waals surface area contributed by atoms with Crippen molar-refractivity contribution in [2.24, 2.45) is 0 Å². The minimum atomic E-state index is -4.71. The third kappa shape index (κ3) is 5.50. The first kappa shape index (κ1) is 24.2. The van der Waals surface area contributed by atoms with Gasteiger partial charge in [-0.2, -0.15) is 18.2 Å². The number of carbonyl (C=O) groups is 1. The highest BCUT2D eigenvalue weighted by molar-refractivity contribution is 9.10. The number of aromatic nitrogens is 2. The summed E-state index contributed by atoms with van der Waals surface area (Å²) in [6.07, 6.45) is -3.23. The largest absolute Gasteiger partial charge is 0.480 e. The first-order valence-corrected chi connectivity index (χ1v) is 10.7. The maximum atomic E-state index is 13.9. The molecule has 1 aromatic carbocycles. The second kappa shape index (κ2) is 10.0. The second-order valence-electron chi connectivity index (χ2n) is 7.48. The van der Waals surface area contributed by atoms with Crippen LogP contribution in [-0.2, 0) is 28.7 Å². The lowest BCUT2D eigenvalue weighted by atomic mass is 10.1. The van der Waals surface area contributed by atoms with Crippen molar-refractivity contribution in [3.63, 3.8) is 0 Å². The third-order valence-corrected chi connectivity index (χ3v) is 6.01. The SMILES string of the molecule is COC(=O)CCN(C)Cc1nc(C(F)(F)F)c(N[C@H]2CCc3c(Br)cccc32)nc1OC. The van der Waals surface area contributed by atoms with Crippen LogP contribution >= 0.6 is 15.9 Å². The van der Waals surface area contributed by atoms with E-state index in [1.165, 1.54) is 14.2 Å². The summed E-state index contributed by atoms with van der Waals surface area (Å²) >= 11 is 3.50. The molecule has 0 saturated carbocycles. The minimum absolute atomic E-state index is 0.00196. The summed E-state index contributed by atoms with van der Waals surface area (Å²) in [5, 5.41) is 2.93. The molecule has 0 radical (unpaired) electrons. The average molecular weight is 517 g/mol. The Labute approximate surface area is 192 Å². The molecular formula is C21H24BrF3N4O3. The summed E-state index contributed by atoms with van der Waals surface area (Å²) < 4.78 is 52.4. The van der Waals surface area contributed by atoms with Gasteiger partial charge in [-0.15, -0.1) is 0 Å². The highest BCUT2D eigenvalue weighted by Crippen LogP contribution is 2.40. The smallest absolute Gasteiger partial charge is 0.437 e. The van der Waals surface area contributed by atoms with Gasteiger partial charge in [0.05, 0.1) is 26.7 Å². The zero-order valence-corrected chi connectivity index (χ0v) is 19.5. The molecule has 2 aromatic rings. The number of ether oxygens (including phenoxy) is 2. The number of rotatable bonds is 8. The van der Waals surface area contributed by atoms with Gasteiger partial charge in [-0.25, -0.2) is 4.98 Å². The number of anilines is 1. The standard InChI is InChI=1S/C21H24BrF3N4O3/c1-29(10-9-17(30)31-2)11-16-20(32-3)28-19(18(26-16)21(23,24)25)27-15-8-7-12-13(15)5-4-6-14(12)22/h4-6,15H,7-11H2,1-3H3,(H,27,28)/t15-/m0/s1. The summed E-state index contributed by atoms with van der Waals surface area (Å²) in [5.41, 5.74) is 0.938. The molecule has 3 rings (SSSR count). The Hall–Kier alpha value is -2.40. The second-order valence-corrected chi connectivity index (χ2v) is 8.34. The molecule has 1 atom stereocenters. The number of hydrogen-bond acceptors (Lipinski definition) is 7. The number of hydrogen-bond donors (Lipinski definition) is 1. The number of benzene rings is 1. The fraction of sp³-hybridized carbons (Fsp3) is 0.476. The van der Waals surface area contributed by atoms with Crippen LogP contribution < -0.4 is 10.1 Å². The Morgan fingerprint density at radius 1 is 1.31 bits per heavy atom. The van der Waals surface area contributed by atoms with E-state index in [9.17, 15) is 18.0 Å². The number of nitrogens with one attached hydrogen (secondary N) is 1. The first-order valence-electron chi connectivity index (χ1n) is 9.95. The van der Waals surface area contributed by atoms with Gasteiger partial charge < -0.3 is 14.8 Å². The van der Waals surface area contributed by atoms with Gasteiger partial charge >= 0.3 is 12.1 Å². The molecule has 0 spiro atoms. The topological polar surface area (TPSA) is 76.6 Å². The van der Waals surface area contributed by atoms with Crippen molar-refractivity contribution in [3.05, 3.63) is 45.2 Å². The molecule has 11 heteroatoms. The highest BCUT2D eigenvalue weighted by Gasteiger charge is 2.39. The van der Waals surface area contributed by atoms with Crippen LogP contribution in [0.15, 0.2) is 22.7 Å². The number of esters is 1. The quantitative estimate of drug-likeness (QED) is 0.522. The summed E-state index contributed by atoms with van der Waals surface area (Å²) in [6, 6.07) is 5.34. The molecule has 0 unspecified atom stereocenters. The van der Waals surface area contributed by atoms with Gasteiger partial charge in [-0.1, -0.05) is 28.1 Å². The van der Waals surface area contributed by atoms with E-state index >= 15 is 0 Å². The molecule has 0 fully saturated rings. The van der Waals surface area contributed by atoms with Crippen molar-refractivity contribution in [2.75, 3.05) is 33.1 Å². The van der Waals surface area contributed by atoms with Crippen molar-refractivity contribution in [2.45, 2.75) is 38.0 Å². The number of nitrogens with zero attached hydrogens (tertiary/aromatic N) is 3. The molecule has 1 heterocycles. The lowest BCUT2D eigenvalue weighted by Gasteiger charge is -2.22. The number of carbonyl (C=O) groups excluding carboxylic acids is 1. The predicted octanol–water partition coefficient (Wildman–Crippen LogP) is 4.36. The monoisotopic (exact) mass is 516 g/mol. The van der Waals surface area contributed by atoms with Crippen LogP contribution in [0, 0.1) is 0 Å². The fourth-order valence-corrected chi connectivity index (χ4v) is 4.24. The molecule has 0 amide bonds. The minimum Gasteiger partial charge on any atom is -0.480 e. The number of alkyl halides is 3. The molecule has 0 aliphatic heterocycles. The van der Waals surface area contributed by atoms with Crippen LogP contribution in [0.25, 0.3) is 0 Å². The van der Waals surface area contributed by atoms with Crippen LogP contribution in [0.4, 0.5) is 19.0 Å². The van der Waals surface area contributed by atoms with Crippen molar-refractivity contribution in [1.29, 1.82) is 0 Å². The van der Waals surface area contributed by atoms with E-state index < -0.39 is 17.8 Å². The van der Waals surface area contributed by atoms with Gasteiger partial charge in [-0.3, -0.25) is 9.69 Å². The number of halogens is 4. The molecule has 0 saturated heterocycles. The zero-order chi connectivity index (χ0) is 23.5. The van der Waals surface area contributed by atoms with E-state index in [-0.39, 0.29) is 42.9 Å². The summed E-state index contributed by atoms with van der Waals surface area (Å²) in [4.78, 5) is 21.0. The first-order chi connectivity index (χ1) is 15.1. The Morgan fingerprint density at radius 3 is 2.72 bits per heavy atom. The lowest BCUT2D eigenvalue weighted by molar-refractivity contribution is -0.141. The van der Waals surface area contributed by atoms with Crippen LogP contribution in [0.2, 0.25) is 0 Å². The van der Waals surface area contributed by atoms with Gasteiger partial charge in [-0.05, 0) is 37.1 Å². The van der Waals surface area contributed by atoms with Crippen LogP contribution in [0.5, 0.6) is 5.88 Å². The van der Waals surface area contributed by atoms with E-state index in [0.29, 0.717) is 6.42 Å². The molecule has 1 aliphatic carbocycles. The number of fused-ring (bicyclic) bond motifs is 1. The van der Waals surface area contributed by atoms with E-state index in [1.54, 1.807) is 11.9 Å². The Kier molecular flexibility index (Phi) is 7.60. The average Bonchev–Trinajstić information content (AvgIpc) is 3.16. The Balaban J connectivity index is 1.89. The summed E-state index contributed by atoms with van der Waals surface area (Å²) in [5.74, 6) is -0.778. The van der Waals surface area contributed by atoms with E-state index in [2.05, 4.69) is 36.0 Å². The highest BCUT2D eigenvalue weighted by atomic mass is 79.9. The Morgan fingerprint density at radius 2 is 2.06 bits per heavy atom. The fourth-order valence-electron chi connectivity index (χ4n) is 3.66. The summed E-state index contributed by atoms with van der Waals surface area (Å²) in [6.45, 7) is 0.308. The Bertz CT molecular complexity index is 987. The maximum absolute atomic E-state index is 13.9. The maximum Gasteiger partial charge on any atom is 0.437 e. The number of methoxy groups -OCH3 is 2. The van der Waals surface area contributed by atoms with Gasteiger partial charge in [0.1, 0.15) is 5.69 Å². The van der Waals surface area contributed by atoms with Crippen molar-refractivity contribution in [1.82, 2.24) is 14.9 Å². The molecular weight excluding hydrogens is 493 g/mol. The molecule has 0 bridgehead atoms. The van der Waals surface area contributed by atoms with Crippen molar-refractivity contribution in [3.8, 4) is 5.88 Å².